The molecule has 0 spiro atoms. The number of aryl methyl sites for hydroxylation is 1. The lowest BCUT2D eigenvalue weighted by Gasteiger charge is -2.09. The average molecular weight is 315 g/mol. The fourth-order valence-corrected chi connectivity index (χ4v) is 1.89. The monoisotopic (exact) mass is 315 g/mol. The maximum Gasteiger partial charge on any atom is 0.249 e. The van der Waals surface area contributed by atoms with Gasteiger partial charge in [-0.3, -0.25) is 4.79 Å². The van der Waals surface area contributed by atoms with Crippen molar-refractivity contribution in [2.24, 2.45) is 5.73 Å². The number of amides is 1. The van der Waals surface area contributed by atoms with Crippen LogP contribution in [-0.4, -0.2) is 13.0 Å². The highest BCUT2D eigenvalue weighted by Gasteiger charge is 2.10. The van der Waals surface area contributed by atoms with Crippen LogP contribution in [-0.2, 0) is 6.42 Å². The second-order valence-corrected chi connectivity index (χ2v) is 5.07. The van der Waals surface area contributed by atoms with E-state index in [1.807, 2.05) is 31.2 Å². The molecule has 2 aromatic carbocycles. The van der Waals surface area contributed by atoms with E-state index in [0.717, 1.165) is 17.7 Å². The third-order valence-corrected chi connectivity index (χ3v) is 2.91. The zero-order valence-corrected chi connectivity index (χ0v) is 14.9. The molecule has 0 aliphatic rings. The van der Waals surface area contributed by atoms with Crippen molar-refractivity contribution in [3.63, 3.8) is 0 Å². The summed E-state index contributed by atoms with van der Waals surface area (Å²) in [5, 5.41) is 0. The smallest absolute Gasteiger partial charge is 0.249 e. The van der Waals surface area contributed by atoms with Crippen molar-refractivity contribution in [3.05, 3.63) is 65.2 Å². The zero-order valence-electron chi connectivity index (χ0n) is 14.9. The van der Waals surface area contributed by atoms with Crippen molar-refractivity contribution in [1.82, 2.24) is 0 Å². The van der Waals surface area contributed by atoms with Gasteiger partial charge in [-0.05, 0) is 25.5 Å². The Kier molecular flexibility index (Phi) is 11.1. The van der Waals surface area contributed by atoms with Crippen LogP contribution in [0.4, 0.5) is 0 Å². The summed E-state index contributed by atoms with van der Waals surface area (Å²) in [4.78, 5) is 11.0. The number of ether oxygens (including phenoxy) is 1. The Morgan fingerprint density at radius 1 is 1.00 bits per heavy atom. The maximum atomic E-state index is 11.0. The summed E-state index contributed by atoms with van der Waals surface area (Å²) in [7, 11) is 1.58. The second kappa shape index (κ2) is 12.3. The lowest BCUT2D eigenvalue weighted by atomic mass is 10.0. The number of carbonyl (C=O) groups is 1. The molecular weight excluding hydrogens is 286 g/mol. The minimum atomic E-state index is -0.407. The second-order valence-electron chi connectivity index (χ2n) is 5.07. The quantitative estimate of drug-likeness (QED) is 0.887. The summed E-state index contributed by atoms with van der Waals surface area (Å²) in [6.45, 7) is 8.30. The minimum Gasteiger partial charge on any atom is -0.496 e. The topological polar surface area (TPSA) is 52.3 Å². The molecule has 2 N–H and O–H groups in total. The first-order chi connectivity index (χ1) is 11.0. The van der Waals surface area contributed by atoms with Crippen LogP contribution >= 0.6 is 0 Å². The molecule has 0 saturated heterocycles. The maximum absolute atomic E-state index is 11.0. The van der Waals surface area contributed by atoms with Gasteiger partial charge in [0.1, 0.15) is 5.75 Å². The number of carbonyl (C=O) groups excluding carboxylic acids is 1. The molecule has 2 rings (SSSR count). The van der Waals surface area contributed by atoms with Crippen molar-refractivity contribution >= 4 is 5.91 Å². The van der Waals surface area contributed by atoms with Crippen molar-refractivity contribution in [3.8, 4) is 5.75 Å². The Hall–Kier alpha value is -2.29. The molecule has 0 aliphatic carbocycles. The third-order valence-electron chi connectivity index (χ3n) is 2.91. The van der Waals surface area contributed by atoms with Crippen molar-refractivity contribution in [2.45, 2.75) is 40.5 Å². The highest BCUT2D eigenvalue weighted by Crippen LogP contribution is 2.22. The highest BCUT2D eigenvalue weighted by atomic mass is 16.5. The summed E-state index contributed by atoms with van der Waals surface area (Å²) in [6, 6.07) is 15.6. The van der Waals surface area contributed by atoms with Gasteiger partial charge >= 0.3 is 0 Å². The van der Waals surface area contributed by atoms with E-state index < -0.39 is 5.91 Å². The van der Waals surface area contributed by atoms with Gasteiger partial charge in [-0.2, -0.15) is 0 Å². The number of nitrogens with two attached hydrogens (primary N) is 1. The van der Waals surface area contributed by atoms with Gasteiger partial charge in [0.25, 0.3) is 0 Å². The van der Waals surface area contributed by atoms with Crippen LogP contribution in [0.3, 0.4) is 0 Å². The molecule has 126 valence electrons. The van der Waals surface area contributed by atoms with Gasteiger partial charge in [0.15, 0.2) is 0 Å². The van der Waals surface area contributed by atoms with Crippen molar-refractivity contribution in [2.75, 3.05) is 7.11 Å². The molecule has 0 atom stereocenters. The number of methoxy groups -OCH3 is 1. The molecule has 0 unspecified atom stereocenters. The van der Waals surface area contributed by atoms with Gasteiger partial charge in [0, 0.05) is 11.1 Å². The molecule has 3 nitrogen and oxygen atoms in total. The standard InChI is InChI=1S/C10H13NO2.C7H8.C3H8/c1-3-7-8(10(11)12)5-4-6-9(7)13-2;1-7-5-3-2-4-6-7;1-3-2/h4-6H,3H2,1-2H3,(H2,11,12);2-6H,1H3;3H2,1-2H3. The molecule has 0 aromatic heterocycles. The minimum absolute atomic E-state index is 0.407. The number of benzene rings is 2. The van der Waals surface area contributed by atoms with Crippen molar-refractivity contribution in [1.29, 1.82) is 0 Å². The highest BCUT2D eigenvalue weighted by molar-refractivity contribution is 5.95. The van der Waals surface area contributed by atoms with Gasteiger partial charge in [0.2, 0.25) is 5.91 Å². The number of primary amides is 1. The Balaban J connectivity index is 0.000000404. The molecule has 1 amide bonds. The van der Waals surface area contributed by atoms with E-state index in [2.05, 4.69) is 32.9 Å². The summed E-state index contributed by atoms with van der Waals surface area (Å²) in [5.41, 5.74) is 7.96. The largest absolute Gasteiger partial charge is 0.496 e. The van der Waals surface area contributed by atoms with Crippen LogP contribution < -0.4 is 10.5 Å². The van der Waals surface area contributed by atoms with Gasteiger partial charge < -0.3 is 10.5 Å². The van der Waals surface area contributed by atoms with Gasteiger partial charge in [-0.1, -0.05) is 69.2 Å². The van der Waals surface area contributed by atoms with Crippen molar-refractivity contribution < 1.29 is 9.53 Å². The summed E-state index contributed by atoms with van der Waals surface area (Å²) >= 11 is 0. The average Bonchev–Trinajstić information content (AvgIpc) is 2.56. The fraction of sp³-hybridized carbons (Fsp3) is 0.350. The Labute approximate surface area is 140 Å². The van der Waals surface area contributed by atoms with E-state index in [9.17, 15) is 4.79 Å². The van der Waals surface area contributed by atoms with Gasteiger partial charge in [0.05, 0.1) is 7.11 Å². The molecular formula is C20H29NO2. The molecule has 0 heterocycles. The first kappa shape index (κ1) is 20.7. The zero-order chi connectivity index (χ0) is 17.7. The van der Waals surface area contributed by atoms with E-state index in [1.165, 1.54) is 12.0 Å². The molecule has 0 radical (unpaired) electrons. The first-order valence-electron chi connectivity index (χ1n) is 7.98. The molecule has 0 fully saturated rings. The van der Waals surface area contributed by atoms with Gasteiger partial charge in [-0.25, -0.2) is 0 Å². The van der Waals surface area contributed by atoms with Crippen LogP contribution in [0.15, 0.2) is 48.5 Å². The molecule has 2 aromatic rings. The SMILES string of the molecule is CCC.CCc1c(OC)cccc1C(N)=O.Cc1ccccc1. The van der Waals surface area contributed by atoms with E-state index in [-0.39, 0.29) is 0 Å². The lowest BCUT2D eigenvalue weighted by Crippen LogP contribution is -2.14. The summed E-state index contributed by atoms with van der Waals surface area (Å²) in [6.07, 6.45) is 1.99. The van der Waals surface area contributed by atoms with Crippen LogP contribution in [0.5, 0.6) is 5.75 Å². The number of hydrogen-bond donors (Lipinski definition) is 1. The molecule has 3 heteroatoms. The number of hydrogen-bond acceptors (Lipinski definition) is 2. The predicted octanol–water partition coefficient (Wildman–Crippen LogP) is 4.77. The van der Waals surface area contributed by atoms with E-state index in [0.29, 0.717) is 5.56 Å². The summed E-state index contributed by atoms with van der Waals surface area (Å²) in [5.74, 6) is 0.314. The van der Waals surface area contributed by atoms with E-state index in [4.69, 9.17) is 10.5 Å². The van der Waals surface area contributed by atoms with Crippen LogP contribution in [0.2, 0.25) is 0 Å². The normalized spacial score (nSPS) is 8.91. The summed E-state index contributed by atoms with van der Waals surface area (Å²) < 4.78 is 5.12. The van der Waals surface area contributed by atoms with E-state index >= 15 is 0 Å². The molecule has 0 aliphatic heterocycles. The Morgan fingerprint density at radius 2 is 1.57 bits per heavy atom. The predicted molar refractivity (Wildman–Crippen MR) is 98.0 cm³/mol. The molecule has 23 heavy (non-hydrogen) atoms. The van der Waals surface area contributed by atoms with Gasteiger partial charge in [-0.15, -0.1) is 0 Å². The Bertz CT molecular complexity index is 565. The van der Waals surface area contributed by atoms with E-state index in [1.54, 1.807) is 19.2 Å². The van der Waals surface area contributed by atoms with Crippen LogP contribution in [0, 0.1) is 6.92 Å². The fourth-order valence-electron chi connectivity index (χ4n) is 1.89. The number of rotatable bonds is 3. The van der Waals surface area contributed by atoms with Crippen LogP contribution in [0.25, 0.3) is 0 Å². The lowest BCUT2D eigenvalue weighted by molar-refractivity contribution is 0.0999. The Morgan fingerprint density at radius 3 is 1.91 bits per heavy atom. The van der Waals surface area contributed by atoms with Crippen LogP contribution in [0.1, 0.15) is 48.7 Å². The first-order valence-corrected chi connectivity index (χ1v) is 7.98. The molecule has 0 saturated carbocycles. The third kappa shape index (κ3) is 8.05. The molecule has 0 bridgehead atoms.